The van der Waals surface area contributed by atoms with E-state index in [9.17, 15) is 9.59 Å². The molecule has 168 valence electrons. The van der Waals surface area contributed by atoms with Crippen LogP contribution in [0, 0.1) is 6.92 Å². The molecule has 0 aliphatic carbocycles. The van der Waals surface area contributed by atoms with Crippen LogP contribution in [0.1, 0.15) is 16.2 Å². The van der Waals surface area contributed by atoms with E-state index in [0.29, 0.717) is 17.5 Å². The van der Waals surface area contributed by atoms with Crippen LogP contribution in [0.25, 0.3) is 11.0 Å². The first kappa shape index (κ1) is 22.2. The highest BCUT2D eigenvalue weighted by atomic mass is 35.5. The highest BCUT2D eigenvalue weighted by Gasteiger charge is 2.21. The topological polar surface area (TPSA) is 105 Å². The van der Waals surface area contributed by atoms with Gasteiger partial charge < -0.3 is 20.1 Å². The minimum atomic E-state index is -0.634. The van der Waals surface area contributed by atoms with E-state index in [1.807, 2.05) is 36.7 Å². The molecule has 4 rings (SSSR count). The standard InChI is InChI=1S/C23H22ClN7O2/c1-13-26-18-11-14(9-10-19(18)31(13)4)27-23-25-12-16(24)21(29-23)28-17-8-6-5-7-15(17)20(32)22(33)30(2)3/h5-12H,1-4H3,(H2,25,27,28,29). The van der Waals surface area contributed by atoms with Crippen molar-refractivity contribution in [1.29, 1.82) is 0 Å². The van der Waals surface area contributed by atoms with E-state index >= 15 is 0 Å². The van der Waals surface area contributed by atoms with Crippen LogP contribution in [0.4, 0.5) is 23.1 Å². The second-order valence-electron chi connectivity index (χ2n) is 7.64. The Morgan fingerprint density at radius 3 is 2.58 bits per heavy atom. The fourth-order valence-electron chi connectivity index (χ4n) is 3.28. The van der Waals surface area contributed by atoms with Crippen LogP contribution >= 0.6 is 11.6 Å². The van der Waals surface area contributed by atoms with Gasteiger partial charge in [0.15, 0.2) is 5.82 Å². The van der Waals surface area contributed by atoms with Crippen molar-refractivity contribution in [3.63, 3.8) is 0 Å². The average Bonchev–Trinajstić information content (AvgIpc) is 3.08. The number of likely N-dealkylation sites (N-methyl/N-ethyl adjacent to an activating group) is 1. The number of benzene rings is 2. The van der Waals surface area contributed by atoms with Gasteiger partial charge in [-0.25, -0.2) is 9.97 Å². The van der Waals surface area contributed by atoms with Crippen LogP contribution < -0.4 is 10.6 Å². The molecule has 0 saturated carbocycles. The Balaban J connectivity index is 1.61. The minimum absolute atomic E-state index is 0.219. The van der Waals surface area contributed by atoms with Crippen molar-refractivity contribution in [2.24, 2.45) is 7.05 Å². The number of carbonyl (C=O) groups excluding carboxylic acids is 2. The van der Waals surface area contributed by atoms with E-state index in [0.717, 1.165) is 22.5 Å². The number of para-hydroxylation sites is 1. The molecule has 0 radical (unpaired) electrons. The summed E-state index contributed by atoms with van der Waals surface area (Å²) in [6.45, 7) is 1.95. The molecule has 0 saturated heterocycles. The SMILES string of the molecule is Cc1nc2cc(Nc3ncc(Cl)c(Nc4ccccc4C(=O)C(=O)N(C)C)n3)ccc2n1C. The summed E-state index contributed by atoms with van der Waals surface area (Å²) in [5.74, 6) is 0.257. The van der Waals surface area contributed by atoms with Gasteiger partial charge in [0.05, 0.1) is 28.5 Å². The average molecular weight is 464 g/mol. The number of ketones is 1. The van der Waals surface area contributed by atoms with Crippen LogP contribution in [0.5, 0.6) is 0 Å². The first-order chi connectivity index (χ1) is 15.7. The third-order valence-corrected chi connectivity index (χ3v) is 5.41. The van der Waals surface area contributed by atoms with Gasteiger partial charge in [0.25, 0.3) is 11.7 Å². The summed E-state index contributed by atoms with van der Waals surface area (Å²) >= 11 is 6.30. The zero-order valence-corrected chi connectivity index (χ0v) is 19.3. The highest BCUT2D eigenvalue weighted by Crippen LogP contribution is 2.28. The number of aromatic nitrogens is 4. The summed E-state index contributed by atoms with van der Waals surface area (Å²) in [5.41, 5.74) is 3.27. The second-order valence-corrected chi connectivity index (χ2v) is 8.04. The molecule has 2 aromatic carbocycles. The Morgan fingerprint density at radius 1 is 1.06 bits per heavy atom. The summed E-state index contributed by atoms with van der Waals surface area (Å²) in [7, 11) is 5.02. The number of imidazole rings is 1. The second kappa shape index (κ2) is 8.87. The van der Waals surface area contributed by atoms with Crippen molar-refractivity contribution < 1.29 is 9.59 Å². The van der Waals surface area contributed by atoms with Crippen molar-refractivity contribution in [1.82, 2.24) is 24.4 Å². The smallest absolute Gasteiger partial charge is 0.294 e. The van der Waals surface area contributed by atoms with Crippen molar-refractivity contribution in [3.05, 3.63) is 65.1 Å². The first-order valence-electron chi connectivity index (χ1n) is 10.1. The molecule has 0 atom stereocenters. The maximum Gasteiger partial charge on any atom is 0.294 e. The van der Waals surface area contributed by atoms with Crippen molar-refractivity contribution in [2.45, 2.75) is 6.92 Å². The zero-order chi connectivity index (χ0) is 23.7. The quantitative estimate of drug-likeness (QED) is 0.328. The molecule has 33 heavy (non-hydrogen) atoms. The Bertz CT molecular complexity index is 1380. The van der Waals surface area contributed by atoms with Gasteiger partial charge in [0, 0.05) is 26.8 Å². The summed E-state index contributed by atoms with van der Waals surface area (Å²) < 4.78 is 2.01. The van der Waals surface area contributed by atoms with Crippen LogP contribution in [-0.2, 0) is 11.8 Å². The van der Waals surface area contributed by atoms with Crippen LogP contribution in [0.3, 0.4) is 0 Å². The number of nitrogens with one attached hydrogen (secondary N) is 2. The third-order valence-electron chi connectivity index (χ3n) is 5.13. The van der Waals surface area contributed by atoms with Crippen LogP contribution in [0.2, 0.25) is 5.02 Å². The lowest BCUT2D eigenvalue weighted by molar-refractivity contribution is -0.124. The molecule has 1 amide bonds. The number of hydrogen-bond acceptors (Lipinski definition) is 7. The molecule has 0 fully saturated rings. The van der Waals surface area contributed by atoms with Gasteiger partial charge in [-0.2, -0.15) is 4.98 Å². The Morgan fingerprint density at radius 2 is 1.82 bits per heavy atom. The maximum absolute atomic E-state index is 12.6. The Labute approximate surface area is 195 Å². The van der Waals surface area contributed by atoms with E-state index in [1.165, 1.54) is 25.2 Å². The van der Waals surface area contributed by atoms with Gasteiger partial charge in [-0.3, -0.25) is 9.59 Å². The van der Waals surface area contributed by atoms with Gasteiger partial charge >= 0.3 is 0 Å². The van der Waals surface area contributed by atoms with Crippen LogP contribution in [-0.4, -0.2) is 50.2 Å². The lowest BCUT2D eigenvalue weighted by Crippen LogP contribution is -2.30. The molecule has 0 unspecified atom stereocenters. The fourth-order valence-corrected chi connectivity index (χ4v) is 3.42. The number of nitrogens with zero attached hydrogens (tertiary/aromatic N) is 5. The van der Waals surface area contributed by atoms with E-state index in [2.05, 4.69) is 25.6 Å². The maximum atomic E-state index is 12.6. The molecule has 0 aliphatic rings. The number of rotatable bonds is 6. The van der Waals surface area contributed by atoms with Crippen molar-refractivity contribution >= 4 is 57.5 Å². The molecular formula is C23H22ClN7O2. The Kier molecular flexibility index (Phi) is 5.97. The predicted molar refractivity (Wildman–Crippen MR) is 129 cm³/mol. The van der Waals surface area contributed by atoms with Gasteiger partial charge in [0.2, 0.25) is 5.95 Å². The number of carbonyl (C=O) groups is 2. The summed E-state index contributed by atoms with van der Waals surface area (Å²) in [6, 6.07) is 12.5. The number of Topliss-reactive ketones (excluding diaryl/α,β-unsaturated/α-hetero) is 1. The third kappa shape index (κ3) is 4.49. The largest absolute Gasteiger partial charge is 0.342 e. The highest BCUT2D eigenvalue weighted by molar-refractivity contribution is 6.43. The number of amides is 1. The fraction of sp³-hybridized carbons (Fsp3) is 0.174. The molecule has 9 nitrogen and oxygen atoms in total. The lowest BCUT2D eigenvalue weighted by atomic mass is 10.1. The Hall–Kier alpha value is -3.98. The molecule has 4 aromatic rings. The van der Waals surface area contributed by atoms with E-state index in [-0.39, 0.29) is 10.6 Å². The molecule has 10 heteroatoms. The zero-order valence-electron chi connectivity index (χ0n) is 18.5. The van der Waals surface area contributed by atoms with Gasteiger partial charge in [-0.1, -0.05) is 23.7 Å². The molecular weight excluding hydrogens is 442 g/mol. The van der Waals surface area contributed by atoms with E-state index in [4.69, 9.17) is 11.6 Å². The number of anilines is 4. The molecule has 0 aliphatic heterocycles. The normalized spacial score (nSPS) is 10.8. The summed E-state index contributed by atoms with van der Waals surface area (Å²) in [4.78, 5) is 39.2. The summed E-state index contributed by atoms with van der Waals surface area (Å²) in [6.07, 6.45) is 1.46. The first-order valence-corrected chi connectivity index (χ1v) is 10.5. The number of hydrogen-bond donors (Lipinski definition) is 2. The minimum Gasteiger partial charge on any atom is -0.342 e. The number of fused-ring (bicyclic) bond motifs is 1. The van der Waals surface area contributed by atoms with E-state index in [1.54, 1.807) is 24.3 Å². The van der Waals surface area contributed by atoms with Gasteiger partial charge in [-0.05, 0) is 37.3 Å². The van der Waals surface area contributed by atoms with Crippen molar-refractivity contribution in [2.75, 3.05) is 24.7 Å². The molecule has 2 N–H and O–H groups in total. The predicted octanol–water partition coefficient (Wildman–Crippen LogP) is 4.08. The molecule has 2 aromatic heterocycles. The molecule has 2 heterocycles. The summed E-state index contributed by atoms with van der Waals surface area (Å²) in [5, 5.41) is 6.46. The molecule has 0 bridgehead atoms. The lowest BCUT2D eigenvalue weighted by Gasteiger charge is -2.14. The van der Waals surface area contributed by atoms with E-state index < -0.39 is 11.7 Å². The molecule has 0 spiro atoms. The van der Waals surface area contributed by atoms with Gasteiger partial charge in [-0.15, -0.1) is 0 Å². The van der Waals surface area contributed by atoms with Gasteiger partial charge in [0.1, 0.15) is 10.8 Å². The monoisotopic (exact) mass is 463 g/mol. The number of halogens is 1. The van der Waals surface area contributed by atoms with Crippen LogP contribution in [0.15, 0.2) is 48.7 Å². The number of aryl methyl sites for hydroxylation is 2. The van der Waals surface area contributed by atoms with Crippen molar-refractivity contribution in [3.8, 4) is 0 Å².